The van der Waals surface area contributed by atoms with Crippen molar-refractivity contribution in [3.05, 3.63) is 52.2 Å². The van der Waals surface area contributed by atoms with Crippen LogP contribution in [0.4, 0.5) is 0 Å². The van der Waals surface area contributed by atoms with Gasteiger partial charge in [-0.3, -0.25) is 9.88 Å². The molecule has 0 spiro atoms. The number of nitrogens with zero attached hydrogens (tertiary/aromatic N) is 4. The number of hydrogen-bond donors (Lipinski definition) is 0. The van der Waals surface area contributed by atoms with E-state index < -0.39 is 0 Å². The molecule has 0 fully saturated rings. The van der Waals surface area contributed by atoms with Crippen LogP contribution in [-0.2, 0) is 13.1 Å². The van der Waals surface area contributed by atoms with E-state index in [-0.39, 0.29) is 0 Å². The van der Waals surface area contributed by atoms with Gasteiger partial charge in [0.15, 0.2) is 0 Å². The van der Waals surface area contributed by atoms with Gasteiger partial charge in [-0.2, -0.15) is 0 Å². The summed E-state index contributed by atoms with van der Waals surface area (Å²) in [5.41, 5.74) is 1.31. The van der Waals surface area contributed by atoms with Gasteiger partial charge in [0.05, 0.1) is 6.54 Å². The first-order chi connectivity index (χ1) is 9.72. The highest BCUT2D eigenvalue weighted by molar-refractivity contribution is 7.11. The summed E-state index contributed by atoms with van der Waals surface area (Å²) >= 11 is 1.66. The molecule has 0 aliphatic carbocycles. The fourth-order valence-corrected chi connectivity index (χ4v) is 3.10. The van der Waals surface area contributed by atoms with Gasteiger partial charge in [0.25, 0.3) is 0 Å². The van der Waals surface area contributed by atoms with Crippen LogP contribution in [0.2, 0.25) is 0 Å². The molecule has 0 amide bonds. The minimum absolute atomic E-state index is 0.826. The van der Waals surface area contributed by atoms with Crippen LogP contribution in [0.1, 0.15) is 15.6 Å². The normalized spacial score (nSPS) is 11.3. The summed E-state index contributed by atoms with van der Waals surface area (Å²) in [4.78, 5) is 6.43. The molecule has 0 saturated heterocycles. The minimum Gasteiger partial charge on any atom is -0.295 e. The zero-order valence-corrected chi connectivity index (χ0v) is 12.4. The zero-order valence-electron chi connectivity index (χ0n) is 11.6. The zero-order chi connectivity index (χ0) is 13.9. The van der Waals surface area contributed by atoms with E-state index in [1.54, 1.807) is 11.3 Å². The van der Waals surface area contributed by atoms with Crippen molar-refractivity contribution < 1.29 is 0 Å². The van der Waals surface area contributed by atoms with E-state index in [2.05, 4.69) is 51.4 Å². The van der Waals surface area contributed by atoms with Crippen molar-refractivity contribution >= 4 is 22.1 Å². The van der Waals surface area contributed by atoms with Gasteiger partial charge in [0.1, 0.15) is 10.0 Å². The fraction of sp³-hybridized carbons (Fsp3) is 0.267. The molecule has 0 aliphatic rings. The molecule has 102 valence electrons. The predicted octanol–water partition coefficient (Wildman–Crippen LogP) is 3.03. The van der Waals surface area contributed by atoms with Crippen LogP contribution in [0.3, 0.4) is 0 Å². The Morgan fingerprint density at radius 2 is 2.05 bits per heavy atom. The van der Waals surface area contributed by atoms with Crippen molar-refractivity contribution in [3.8, 4) is 0 Å². The molecule has 0 N–H and O–H groups in total. The molecule has 4 nitrogen and oxygen atoms in total. The van der Waals surface area contributed by atoms with E-state index in [1.165, 1.54) is 16.3 Å². The Kier molecular flexibility index (Phi) is 3.71. The van der Waals surface area contributed by atoms with Crippen LogP contribution in [0, 0.1) is 6.92 Å². The average Bonchev–Trinajstić information content (AvgIpc) is 2.84. The minimum atomic E-state index is 0.826. The SMILES string of the molecule is Cc1nnc(CN(C)Cc2cccc3cnccc23)s1. The second-order valence-electron chi connectivity index (χ2n) is 4.90. The lowest BCUT2D eigenvalue weighted by atomic mass is 10.1. The summed E-state index contributed by atoms with van der Waals surface area (Å²) in [6.45, 7) is 3.70. The molecule has 1 aromatic carbocycles. The van der Waals surface area contributed by atoms with E-state index in [9.17, 15) is 0 Å². The number of pyridine rings is 1. The first-order valence-electron chi connectivity index (χ1n) is 6.51. The molecule has 3 rings (SSSR count). The summed E-state index contributed by atoms with van der Waals surface area (Å²) in [6, 6.07) is 8.43. The highest BCUT2D eigenvalue weighted by Crippen LogP contribution is 2.19. The molecule has 0 unspecified atom stereocenters. The molecule has 0 bridgehead atoms. The molecular weight excluding hydrogens is 268 g/mol. The van der Waals surface area contributed by atoms with Crippen LogP contribution >= 0.6 is 11.3 Å². The number of aryl methyl sites for hydroxylation is 1. The molecule has 0 atom stereocenters. The van der Waals surface area contributed by atoms with Crippen molar-refractivity contribution in [1.82, 2.24) is 20.1 Å². The molecule has 0 aliphatic heterocycles. The fourth-order valence-electron chi connectivity index (χ4n) is 2.31. The van der Waals surface area contributed by atoms with Crippen molar-refractivity contribution in [1.29, 1.82) is 0 Å². The molecular formula is C15H16N4S. The monoisotopic (exact) mass is 284 g/mol. The average molecular weight is 284 g/mol. The lowest BCUT2D eigenvalue weighted by Gasteiger charge is -2.16. The number of benzene rings is 1. The van der Waals surface area contributed by atoms with E-state index >= 15 is 0 Å². The van der Waals surface area contributed by atoms with Crippen LogP contribution in [0.5, 0.6) is 0 Å². The van der Waals surface area contributed by atoms with Crippen molar-refractivity contribution in [2.75, 3.05) is 7.05 Å². The number of fused-ring (bicyclic) bond motifs is 1. The van der Waals surface area contributed by atoms with Crippen LogP contribution < -0.4 is 0 Å². The maximum Gasteiger partial charge on any atom is 0.131 e. The summed E-state index contributed by atoms with van der Waals surface area (Å²) < 4.78 is 0. The van der Waals surface area contributed by atoms with Crippen molar-refractivity contribution in [2.24, 2.45) is 0 Å². The third kappa shape index (κ3) is 2.84. The second kappa shape index (κ2) is 5.64. The predicted molar refractivity (Wildman–Crippen MR) is 81.6 cm³/mol. The Balaban J connectivity index is 1.79. The van der Waals surface area contributed by atoms with Gasteiger partial charge in [-0.25, -0.2) is 0 Å². The highest BCUT2D eigenvalue weighted by atomic mass is 32.1. The lowest BCUT2D eigenvalue weighted by molar-refractivity contribution is 0.319. The Labute approximate surface area is 122 Å². The molecule has 20 heavy (non-hydrogen) atoms. The lowest BCUT2D eigenvalue weighted by Crippen LogP contribution is -2.17. The van der Waals surface area contributed by atoms with Crippen molar-refractivity contribution in [2.45, 2.75) is 20.0 Å². The first kappa shape index (κ1) is 13.1. The maximum absolute atomic E-state index is 4.18. The second-order valence-corrected chi connectivity index (χ2v) is 6.17. The molecule has 3 aromatic rings. The first-order valence-corrected chi connectivity index (χ1v) is 7.33. The molecule has 0 radical (unpaired) electrons. The van der Waals surface area contributed by atoms with Crippen molar-refractivity contribution in [3.63, 3.8) is 0 Å². The van der Waals surface area contributed by atoms with Gasteiger partial charge in [0, 0.05) is 24.3 Å². The Bertz CT molecular complexity index is 717. The number of aromatic nitrogens is 3. The molecule has 5 heteroatoms. The molecule has 2 heterocycles. The van der Waals surface area contributed by atoms with Crippen LogP contribution in [0.15, 0.2) is 36.7 Å². The molecule has 0 saturated carbocycles. The maximum atomic E-state index is 4.18. The topological polar surface area (TPSA) is 41.9 Å². The highest BCUT2D eigenvalue weighted by Gasteiger charge is 2.08. The smallest absolute Gasteiger partial charge is 0.131 e. The number of rotatable bonds is 4. The van der Waals surface area contributed by atoms with Gasteiger partial charge >= 0.3 is 0 Å². The Morgan fingerprint density at radius 3 is 2.85 bits per heavy atom. The van der Waals surface area contributed by atoms with Crippen LogP contribution in [-0.4, -0.2) is 27.1 Å². The largest absolute Gasteiger partial charge is 0.295 e. The third-order valence-corrected chi connectivity index (χ3v) is 4.01. The van der Waals surface area contributed by atoms with Crippen LogP contribution in [0.25, 0.3) is 10.8 Å². The third-order valence-electron chi connectivity index (χ3n) is 3.18. The summed E-state index contributed by atoms with van der Waals surface area (Å²) in [5.74, 6) is 0. The quantitative estimate of drug-likeness (QED) is 0.738. The van der Waals surface area contributed by atoms with E-state index in [0.29, 0.717) is 0 Å². The van der Waals surface area contributed by atoms with E-state index in [4.69, 9.17) is 0 Å². The van der Waals surface area contributed by atoms with Gasteiger partial charge in [-0.1, -0.05) is 18.2 Å². The molecule has 2 aromatic heterocycles. The van der Waals surface area contributed by atoms with Gasteiger partial charge in [-0.05, 0) is 31.0 Å². The van der Waals surface area contributed by atoms with Gasteiger partial charge in [0.2, 0.25) is 0 Å². The Hall–Kier alpha value is -1.85. The summed E-state index contributed by atoms with van der Waals surface area (Å²) in [7, 11) is 2.11. The van der Waals surface area contributed by atoms with E-state index in [0.717, 1.165) is 23.1 Å². The summed E-state index contributed by atoms with van der Waals surface area (Å²) in [5, 5.41) is 12.8. The van der Waals surface area contributed by atoms with Gasteiger partial charge < -0.3 is 0 Å². The Morgan fingerprint density at radius 1 is 1.15 bits per heavy atom. The standard InChI is InChI=1S/C15H16N4S/c1-11-17-18-15(20-11)10-19(2)9-13-5-3-4-12-8-16-7-6-14(12)13/h3-8H,9-10H2,1-2H3. The van der Waals surface area contributed by atoms with E-state index in [1.807, 2.05) is 19.3 Å². The summed E-state index contributed by atoms with van der Waals surface area (Å²) in [6.07, 6.45) is 3.76. The van der Waals surface area contributed by atoms with Gasteiger partial charge in [-0.15, -0.1) is 21.5 Å². The number of hydrogen-bond acceptors (Lipinski definition) is 5.